The van der Waals surface area contributed by atoms with Gasteiger partial charge in [0.1, 0.15) is 12.4 Å². The van der Waals surface area contributed by atoms with Crippen LogP contribution in [0.25, 0.3) is 6.08 Å². The summed E-state index contributed by atoms with van der Waals surface area (Å²) < 4.78 is 5.09. The number of rotatable bonds is 7. The van der Waals surface area contributed by atoms with Crippen molar-refractivity contribution in [2.45, 2.75) is 13.0 Å². The second-order valence-electron chi connectivity index (χ2n) is 5.08. The third-order valence-electron chi connectivity index (χ3n) is 3.32. The number of phenolic OH excluding ortho intramolecular Hbond substituents is 1. The summed E-state index contributed by atoms with van der Waals surface area (Å²) in [6.45, 7) is 0.622. The van der Waals surface area contributed by atoms with Gasteiger partial charge in [0.2, 0.25) is 0 Å². The van der Waals surface area contributed by atoms with Gasteiger partial charge in [-0.1, -0.05) is 54.6 Å². The molecule has 0 aliphatic rings. The maximum absolute atomic E-state index is 11.6. The molecule has 124 valence electrons. The molecule has 2 aromatic carbocycles. The van der Waals surface area contributed by atoms with Gasteiger partial charge in [-0.25, -0.2) is 4.79 Å². The molecule has 0 heterocycles. The average molecular weight is 325 g/mol. The van der Waals surface area contributed by atoms with E-state index in [-0.39, 0.29) is 12.4 Å². The van der Waals surface area contributed by atoms with Crippen LogP contribution in [0.1, 0.15) is 27.9 Å². The number of ether oxygens (including phenoxy) is 1. The highest BCUT2D eigenvalue weighted by Crippen LogP contribution is 2.21. The van der Waals surface area contributed by atoms with Crippen molar-refractivity contribution < 1.29 is 19.4 Å². The number of nitrogens with one attached hydrogen (secondary N) is 1. The Morgan fingerprint density at radius 1 is 1.12 bits per heavy atom. The van der Waals surface area contributed by atoms with Crippen molar-refractivity contribution in [2.75, 3.05) is 6.54 Å². The molecule has 0 spiro atoms. The van der Waals surface area contributed by atoms with Crippen LogP contribution < -0.4 is 5.32 Å². The molecule has 5 heteroatoms. The fourth-order valence-electron chi connectivity index (χ4n) is 2.09. The minimum Gasteiger partial charge on any atom is -0.507 e. The molecule has 0 bridgehead atoms. The molecular formula is C19H19NO4. The van der Waals surface area contributed by atoms with Crippen molar-refractivity contribution in [2.24, 2.45) is 0 Å². The Morgan fingerprint density at radius 2 is 1.92 bits per heavy atom. The van der Waals surface area contributed by atoms with Gasteiger partial charge in [0.15, 0.2) is 6.29 Å². The van der Waals surface area contributed by atoms with E-state index in [4.69, 9.17) is 4.74 Å². The highest BCUT2D eigenvalue weighted by atomic mass is 16.5. The first-order valence-electron chi connectivity index (χ1n) is 7.59. The second kappa shape index (κ2) is 9.15. The van der Waals surface area contributed by atoms with Gasteiger partial charge < -0.3 is 15.2 Å². The molecule has 0 atom stereocenters. The van der Waals surface area contributed by atoms with Crippen molar-refractivity contribution in [1.82, 2.24) is 5.32 Å². The first-order chi connectivity index (χ1) is 11.7. The molecule has 24 heavy (non-hydrogen) atoms. The summed E-state index contributed by atoms with van der Waals surface area (Å²) in [5.41, 5.74) is 1.81. The summed E-state index contributed by atoms with van der Waals surface area (Å²) in [4.78, 5) is 22.5. The van der Waals surface area contributed by atoms with Crippen LogP contribution in [0, 0.1) is 0 Å². The summed E-state index contributed by atoms with van der Waals surface area (Å²) in [6, 6.07) is 14.2. The number of carbonyl (C=O) groups excluding carboxylic acids is 2. The van der Waals surface area contributed by atoms with Crippen molar-refractivity contribution in [3.8, 4) is 5.75 Å². The zero-order valence-electron chi connectivity index (χ0n) is 13.1. The number of amides is 1. The van der Waals surface area contributed by atoms with Crippen LogP contribution in [0.2, 0.25) is 0 Å². The molecule has 0 aliphatic carbocycles. The highest BCUT2D eigenvalue weighted by Gasteiger charge is 2.03. The van der Waals surface area contributed by atoms with Crippen LogP contribution in [-0.4, -0.2) is 24.0 Å². The molecule has 2 rings (SSSR count). The standard InChI is InChI=1S/C19H19NO4/c21-13-16-9-6-11-18(22)17(16)10-4-5-12-20-19(23)24-14-15-7-2-1-3-8-15/h1-4,6-11,13,22H,5,12,14H2,(H,20,23). The molecule has 0 aromatic heterocycles. The second-order valence-corrected chi connectivity index (χ2v) is 5.08. The maximum atomic E-state index is 11.6. The van der Waals surface area contributed by atoms with Crippen LogP contribution in [0.4, 0.5) is 4.79 Å². The Kier molecular flexibility index (Phi) is 6.58. The smallest absolute Gasteiger partial charge is 0.407 e. The van der Waals surface area contributed by atoms with Gasteiger partial charge in [-0.2, -0.15) is 0 Å². The summed E-state index contributed by atoms with van der Waals surface area (Å²) in [5.74, 6) is 0.0473. The Bertz CT molecular complexity index is 711. The lowest BCUT2D eigenvalue weighted by Gasteiger charge is -2.06. The largest absolute Gasteiger partial charge is 0.507 e. The third kappa shape index (κ3) is 5.28. The SMILES string of the molecule is O=Cc1cccc(O)c1C=CCCNC(=O)OCc1ccccc1. The first-order valence-corrected chi connectivity index (χ1v) is 7.59. The normalized spacial score (nSPS) is 10.5. The highest BCUT2D eigenvalue weighted by molar-refractivity contribution is 5.83. The summed E-state index contributed by atoms with van der Waals surface area (Å²) in [5, 5.41) is 12.4. The van der Waals surface area contributed by atoms with E-state index in [1.807, 2.05) is 30.3 Å². The van der Waals surface area contributed by atoms with Gasteiger partial charge in [0, 0.05) is 17.7 Å². The average Bonchev–Trinajstić information content (AvgIpc) is 2.61. The van der Waals surface area contributed by atoms with Crippen LogP contribution in [-0.2, 0) is 11.3 Å². The topological polar surface area (TPSA) is 75.6 Å². The maximum Gasteiger partial charge on any atom is 0.407 e. The predicted molar refractivity (Wildman–Crippen MR) is 91.8 cm³/mol. The van der Waals surface area contributed by atoms with Gasteiger partial charge >= 0.3 is 6.09 Å². The van der Waals surface area contributed by atoms with Gasteiger partial charge in [0.05, 0.1) is 0 Å². The minimum atomic E-state index is -0.483. The molecule has 0 aliphatic heterocycles. The van der Waals surface area contributed by atoms with Crippen LogP contribution in [0.3, 0.4) is 0 Å². The quantitative estimate of drug-likeness (QED) is 0.603. The fourth-order valence-corrected chi connectivity index (χ4v) is 2.09. The number of hydrogen-bond donors (Lipinski definition) is 2. The lowest BCUT2D eigenvalue weighted by Crippen LogP contribution is -2.24. The first kappa shape index (κ1) is 17.3. The lowest BCUT2D eigenvalue weighted by atomic mass is 10.1. The van der Waals surface area contributed by atoms with E-state index < -0.39 is 6.09 Å². The monoisotopic (exact) mass is 325 g/mol. The number of carbonyl (C=O) groups is 2. The third-order valence-corrected chi connectivity index (χ3v) is 3.32. The molecule has 0 fully saturated rings. The molecule has 2 aromatic rings. The molecule has 2 N–H and O–H groups in total. The van der Waals surface area contributed by atoms with Crippen LogP contribution >= 0.6 is 0 Å². The number of aldehydes is 1. The van der Waals surface area contributed by atoms with Gasteiger partial charge in [0.25, 0.3) is 0 Å². The fraction of sp³-hybridized carbons (Fsp3) is 0.158. The molecule has 1 amide bonds. The van der Waals surface area contributed by atoms with Gasteiger partial charge in [-0.05, 0) is 18.1 Å². The molecule has 0 unspecified atom stereocenters. The Labute approximate surface area is 140 Å². The minimum absolute atomic E-state index is 0.0473. The van der Waals surface area contributed by atoms with E-state index in [1.165, 1.54) is 6.07 Å². The number of hydrogen-bond acceptors (Lipinski definition) is 4. The van der Waals surface area contributed by atoms with E-state index in [0.717, 1.165) is 5.56 Å². The lowest BCUT2D eigenvalue weighted by molar-refractivity contribution is 0.112. The molecule has 0 radical (unpaired) electrons. The van der Waals surface area contributed by atoms with Gasteiger partial charge in [-0.3, -0.25) is 4.79 Å². The van der Waals surface area contributed by atoms with Crippen LogP contribution in [0.5, 0.6) is 5.75 Å². The molecule has 5 nitrogen and oxygen atoms in total. The molecule has 0 saturated heterocycles. The van der Waals surface area contributed by atoms with Gasteiger partial charge in [-0.15, -0.1) is 0 Å². The Hall–Kier alpha value is -3.08. The predicted octanol–water partition coefficient (Wildman–Crippen LogP) is 3.53. The summed E-state index contributed by atoms with van der Waals surface area (Å²) in [6.07, 6.45) is 4.20. The number of alkyl carbamates (subject to hydrolysis) is 1. The number of benzene rings is 2. The Balaban J connectivity index is 1.73. The van der Waals surface area contributed by atoms with E-state index in [9.17, 15) is 14.7 Å². The zero-order chi connectivity index (χ0) is 17.2. The number of phenols is 1. The molecule has 0 saturated carbocycles. The van der Waals surface area contributed by atoms with E-state index in [1.54, 1.807) is 24.3 Å². The Morgan fingerprint density at radius 3 is 2.67 bits per heavy atom. The summed E-state index contributed by atoms with van der Waals surface area (Å²) in [7, 11) is 0. The number of aromatic hydroxyl groups is 1. The van der Waals surface area contributed by atoms with E-state index in [0.29, 0.717) is 30.4 Å². The molecular weight excluding hydrogens is 306 g/mol. The van der Waals surface area contributed by atoms with Crippen molar-refractivity contribution >= 4 is 18.5 Å². The van der Waals surface area contributed by atoms with Crippen molar-refractivity contribution in [3.63, 3.8) is 0 Å². The summed E-state index contributed by atoms with van der Waals surface area (Å²) >= 11 is 0. The van der Waals surface area contributed by atoms with E-state index in [2.05, 4.69) is 5.32 Å². The van der Waals surface area contributed by atoms with E-state index >= 15 is 0 Å². The zero-order valence-corrected chi connectivity index (χ0v) is 13.1. The van der Waals surface area contributed by atoms with Crippen molar-refractivity contribution in [3.05, 3.63) is 71.3 Å². The van der Waals surface area contributed by atoms with Crippen molar-refractivity contribution in [1.29, 1.82) is 0 Å². The van der Waals surface area contributed by atoms with Crippen LogP contribution in [0.15, 0.2) is 54.6 Å².